The van der Waals surface area contributed by atoms with Gasteiger partial charge in [-0.3, -0.25) is 9.78 Å². The van der Waals surface area contributed by atoms with Gasteiger partial charge >= 0.3 is 0 Å². The van der Waals surface area contributed by atoms with E-state index in [1.54, 1.807) is 18.3 Å². The summed E-state index contributed by atoms with van der Waals surface area (Å²) in [6.45, 7) is 6.51. The molecule has 2 N–H and O–H groups in total. The van der Waals surface area contributed by atoms with E-state index in [9.17, 15) is 9.18 Å². The molecule has 2 aromatic heterocycles. The summed E-state index contributed by atoms with van der Waals surface area (Å²) in [5.41, 5.74) is 6.72. The summed E-state index contributed by atoms with van der Waals surface area (Å²) in [6.07, 6.45) is 2.05. The first kappa shape index (κ1) is 25.6. The molecule has 4 aromatic rings. The minimum absolute atomic E-state index is 0.0704. The summed E-state index contributed by atoms with van der Waals surface area (Å²) >= 11 is 5.79. The van der Waals surface area contributed by atoms with Gasteiger partial charge in [-0.1, -0.05) is 24.3 Å². The van der Waals surface area contributed by atoms with Crippen LogP contribution in [0, 0.1) is 26.6 Å². The molecule has 1 aliphatic rings. The van der Waals surface area contributed by atoms with Gasteiger partial charge in [-0.05, 0) is 92.6 Å². The number of aryl methyl sites for hydroxylation is 2. The summed E-state index contributed by atoms with van der Waals surface area (Å²) in [7, 11) is 0. The molecule has 0 saturated carbocycles. The van der Waals surface area contributed by atoms with Gasteiger partial charge in [-0.15, -0.1) is 0 Å². The molecule has 0 radical (unpaired) electrons. The van der Waals surface area contributed by atoms with Crippen LogP contribution in [0.15, 0.2) is 79.0 Å². The molecule has 0 aliphatic carbocycles. The molecule has 0 unspecified atom stereocenters. The molecule has 194 valence electrons. The maximum Gasteiger partial charge on any atom is 0.226 e. The molecule has 2 atom stereocenters. The second-order valence-corrected chi connectivity index (χ2v) is 9.96. The summed E-state index contributed by atoms with van der Waals surface area (Å²) in [5, 5.41) is 7.06. The highest BCUT2D eigenvalue weighted by atomic mass is 32.1. The lowest BCUT2D eigenvalue weighted by atomic mass is 9.96. The summed E-state index contributed by atoms with van der Waals surface area (Å²) in [6, 6.07) is 21.8. The highest BCUT2D eigenvalue weighted by Gasteiger charge is 2.41. The van der Waals surface area contributed by atoms with Crippen LogP contribution < -0.4 is 10.6 Å². The van der Waals surface area contributed by atoms with E-state index < -0.39 is 0 Å². The molecule has 0 spiro atoms. The quantitative estimate of drug-likeness (QED) is 0.292. The van der Waals surface area contributed by atoms with Gasteiger partial charge < -0.3 is 20.1 Å². The first-order valence-electron chi connectivity index (χ1n) is 12.6. The largest absolute Gasteiger partial charge is 0.352 e. The van der Waals surface area contributed by atoms with Crippen molar-refractivity contribution in [1.82, 2.24) is 19.8 Å². The molecule has 38 heavy (non-hydrogen) atoms. The van der Waals surface area contributed by atoms with E-state index >= 15 is 0 Å². The number of thiocarbonyl (C=S) groups is 1. The van der Waals surface area contributed by atoms with Crippen LogP contribution in [0.1, 0.15) is 46.7 Å². The topological polar surface area (TPSA) is 62.2 Å². The van der Waals surface area contributed by atoms with Gasteiger partial charge in [-0.25, -0.2) is 4.39 Å². The van der Waals surface area contributed by atoms with Crippen molar-refractivity contribution in [3.63, 3.8) is 0 Å². The van der Waals surface area contributed by atoms with Gasteiger partial charge in [0.15, 0.2) is 5.11 Å². The fourth-order valence-corrected chi connectivity index (χ4v) is 5.54. The third-order valence-electron chi connectivity index (χ3n) is 7.07. The Kier molecular flexibility index (Phi) is 7.24. The maximum absolute atomic E-state index is 13.6. The Bertz CT molecular complexity index is 1470. The summed E-state index contributed by atoms with van der Waals surface area (Å²) in [5.74, 6) is -0.342. The van der Waals surface area contributed by atoms with Crippen molar-refractivity contribution in [2.24, 2.45) is 0 Å². The Morgan fingerprint density at radius 1 is 1.05 bits per heavy atom. The van der Waals surface area contributed by atoms with Crippen molar-refractivity contribution in [3.8, 4) is 5.69 Å². The molecule has 6 nitrogen and oxygen atoms in total. The van der Waals surface area contributed by atoms with E-state index in [1.807, 2.05) is 56.3 Å². The summed E-state index contributed by atoms with van der Waals surface area (Å²) in [4.78, 5) is 19.6. The Morgan fingerprint density at radius 2 is 1.79 bits per heavy atom. The molecule has 8 heteroatoms. The van der Waals surface area contributed by atoms with Crippen LogP contribution >= 0.6 is 12.2 Å². The van der Waals surface area contributed by atoms with Crippen LogP contribution in [-0.2, 0) is 4.79 Å². The minimum Gasteiger partial charge on any atom is -0.352 e. The van der Waals surface area contributed by atoms with Gasteiger partial charge in [0, 0.05) is 41.9 Å². The monoisotopic (exact) mass is 527 g/mol. The highest BCUT2D eigenvalue weighted by molar-refractivity contribution is 7.80. The summed E-state index contributed by atoms with van der Waals surface area (Å²) < 4.78 is 15.7. The molecule has 1 aliphatic heterocycles. The van der Waals surface area contributed by atoms with Crippen molar-refractivity contribution in [3.05, 3.63) is 113 Å². The number of carbonyl (C=O) groups excluding carboxylic acids is 1. The lowest BCUT2D eigenvalue weighted by Gasteiger charge is -2.28. The van der Waals surface area contributed by atoms with E-state index in [0.717, 1.165) is 39.6 Å². The van der Waals surface area contributed by atoms with Crippen molar-refractivity contribution in [1.29, 1.82) is 0 Å². The van der Waals surface area contributed by atoms with Crippen LogP contribution in [0.4, 0.5) is 10.1 Å². The minimum atomic E-state index is -0.271. The number of benzene rings is 2. The predicted molar refractivity (Wildman–Crippen MR) is 152 cm³/mol. The van der Waals surface area contributed by atoms with Crippen LogP contribution in [0.3, 0.4) is 0 Å². The van der Waals surface area contributed by atoms with Gasteiger partial charge in [-0.2, -0.15) is 0 Å². The number of carbonyl (C=O) groups is 1. The molecule has 5 rings (SSSR count). The smallest absolute Gasteiger partial charge is 0.226 e. The first-order chi connectivity index (χ1) is 18.3. The fourth-order valence-electron chi connectivity index (χ4n) is 5.21. The average Bonchev–Trinajstić information content (AvgIpc) is 3.39. The van der Waals surface area contributed by atoms with E-state index in [2.05, 4.69) is 38.1 Å². The third kappa shape index (κ3) is 5.04. The van der Waals surface area contributed by atoms with E-state index in [1.165, 1.54) is 12.1 Å². The Hall–Kier alpha value is -4.04. The second-order valence-electron chi connectivity index (χ2n) is 9.57. The number of halogens is 1. The number of pyridine rings is 1. The molecule has 2 aromatic carbocycles. The zero-order valence-corrected chi connectivity index (χ0v) is 22.4. The number of aromatic nitrogens is 2. The van der Waals surface area contributed by atoms with Crippen LogP contribution in [0.2, 0.25) is 0 Å². The molecule has 3 heterocycles. The molecular formula is C30H30FN5OS. The number of para-hydroxylation sites is 1. The van der Waals surface area contributed by atoms with Crippen LogP contribution in [-0.4, -0.2) is 32.0 Å². The van der Waals surface area contributed by atoms with Crippen LogP contribution in [0.25, 0.3) is 5.69 Å². The maximum atomic E-state index is 13.6. The Balaban J connectivity index is 1.47. The SMILES string of the molecule is Cc1ccccc1NC(=O)CCN1C(=S)N[C@@H](c2ccccn2)[C@@H]1c1cc(C)n(-c2ccc(F)cc2)c1C. The molecule has 0 bridgehead atoms. The zero-order chi connectivity index (χ0) is 26.8. The molecule has 1 saturated heterocycles. The molecule has 1 fully saturated rings. The average molecular weight is 528 g/mol. The molecular weight excluding hydrogens is 497 g/mol. The first-order valence-corrected chi connectivity index (χ1v) is 13.0. The van der Waals surface area contributed by atoms with Gasteiger partial charge in [0.25, 0.3) is 0 Å². The lowest BCUT2D eigenvalue weighted by molar-refractivity contribution is -0.116. The van der Waals surface area contributed by atoms with E-state index in [4.69, 9.17) is 12.2 Å². The fraction of sp³-hybridized carbons (Fsp3) is 0.233. The number of hydrogen-bond acceptors (Lipinski definition) is 3. The number of anilines is 1. The van der Waals surface area contributed by atoms with Gasteiger partial charge in [0.1, 0.15) is 5.82 Å². The second kappa shape index (κ2) is 10.8. The third-order valence-corrected chi connectivity index (χ3v) is 7.42. The number of nitrogens with zero attached hydrogens (tertiary/aromatic N) is 3. The number of amides is 1. The normalized spacial score (nSPS) is 16.9. The highest BCUT2D eigenvalue weighted by Crippen LogP contribution is 2.41. The predicted octanol–water partition coefficient (Wildman–Crippen LogP) is 5.94. The zero-order valence-electron chi connectivity index (χ0n) is 21.6. The number of hydrogen-bond donors (Lipinski definition) is 2. The van der Waals surface area contributed by atoms with Gasteiger partial charge in [0.2, 0.25) is 5.91 Å². The van der Waals surface area contributed by atoms with Crippen LogP contribution in [0.5, 0.6) is 0 Å². The number of nitrogens with one attached hydrogen (secondary N) is 2. The van der Waals surface area contributed by atoms with Gasteiger partial charge in [0.05, 0.1) is 17.8 Å². The van der Waals surface area contributed by atoms with Crippen molar-refractivity contribution < 1.29 is 9.18 Å². The Labute approximate surface area is 227 Å². The van der Waals surface area contributed by atoms with E-state index in [-0.39, 0.29) is 30.2 Å². The standard InChI is InChI=1S/C30H30FN5OS/c1-19-8-4-5-9-25(19)33-27(37)15-17-35-29(28(34-30(35)38)26-10-6-7-16-32-26)24-18-20(2)36(21(24)3)23-13-11-22(31)12-14-23/h4-14,16,18,28-29H,15,17H2,1-3H3,(H,33,37)(H,34,38)/t28-,29-/m0/s1. The van der Waals surface area contributed by atoms with Crippen molar-refractivity contribution in [2.75, 3.05) is 11.9 Å². The molecule has 1 amide bonds. The number of rotatable bonds is 7. The van der Waals surface area contributed by atoms with Crippen molar-refractivity contribution >= 4 is 28.9 Å². The lowest BCUT2D eigenvalue weighted by Crippen LogP contribution is -2.33. The van der Waals surface area contributed by atoms with Crippen molar-refractivity contribution in [2.45, 2.75) is 39.3 Å². The Morgan fingerprint density at radius 3 is 2.50 bits per heavy atom. The van der Waals surface area contributed by atoms with E-state index in [0.29, 0.717) is 11.7 Å².